The molecule has 0 heterocycles. The Balaban J connectivity index is 2.30. The number of nitro benzene ring substituents is 1. The maximum absolute atomic E-state index is 11.4. The van der Waals surface area contributed by atoms with Crippen molar-refractivity contribution in [3.63, 3.8) is 0 Å². The van der Waals surface area contributed by atoms with Crippen LogP contribution in [0, 0.1) is 10.1 Å². The molecule has 0 aliphatic carbocycles. The summed E-state index contributed by atoms with van der Waals surface area (Å²) >= 11 is 6.03. The van der Waals surface area contributed by atoms with Crippen molar-refractivity contribution in [1.29, 1.82) is 0 Å². The lowest BCUT2D eigenvalue weighted by Crippen LogP contribution is -2.30. The summed E-state index contributed by atoms with van der Waals surface area (Å²) in [6.07, 6.45) is 0. The van der Waals surface area contributed by atoms with Crippen LogP contribution in [0.5, 0.6) is 0 Å². The van der Waals surface area contributed by atoms with E-state index < -0.39 is 10.8 Å². The fourth-order valence-corrected chi connectivity index (χ4v) is 2.74. The first-order chi connectivity index (χ1) is 11.8. The summed E-state index contributed by atoms with van der Waals surface area (Å²) in [5.74, 6) is -0.686. The summed E-state index contributed by atoms with van der Waals surface area (Å²) in [5, 5.41) is 12.0. The van der Waals surface area contributed by atoms with Gasteiger partial charge in [0.05, 0.1) is 4.92 Å². The predicted octanol–water partition coefficient (Wildman–Crippen LogP) is 3.76. The molecule has 1 amide bonds. The van der Waals surface area contributed by atoms with Gasteiger partial charge >= 0.3 is 0 Å². The largest absolute Gasteiger partial charge is 0.366 e. The molecule has 2 rings (SSSR count). The molecule has 0 radical (unpaired) electrons. The van der Waals surface area contributed by atoms with Crippen LogP contribution in [-0.2, 0) is 13.1 Å². The summed E-state index contributed by atoms with van der Waals surface area (Å²) in [6, 6.07) is 12.0. The third-order valence-electron chi connectivity index (χ3n) is 3.94. The van der Waals surface area contributed by atoms with Crippen molar-refractivity contribution >= 4 is 23.2 Å². The maximum atomic E-state index is 11.4. The van der Waals surface area contributed by atoms with Crippen molar-refractivity contribution in [1.82, 2.24) is 4.90 Å². The van der Waals surface area contributed by atoms with Crippen molar-refractivity contribution < 1.29 is 9.72 Å². The van der Waals surface area contributed by atoms with Gasteiger partial charge in [-0.2, -0.15) is 0 Å². The zero-order chi connectivity index (χ0) is 18.6. The number of amides is 1. The molecule has 0 aliphatic heterocycles. The Labute approximate surface area is 151 Å². The number of primary amides is 1. The molecular weight excluding hydrogens is 342 g/mol. The number of nitro groups is 1. The minimum Gasteiger partial charge on any atom is -0.366 e. The van der Waals surface area contributed by atoms with E-state index in [4.69, 9.17) is 17.3 Å². The van der Waals surface area contributed by atoms with E-state index in [-0.39, 0.29) is 17.3 Å². The highest BCUT2D eigenvalue weighted by Crippen LogP contribution is 2.24. The molecular formula is C18H20ClN3O3. The Morgan fingerprint density at radius 3 is 2.52 bits per heavy atom. The first kappa shape index (κ1) is 18.9. The number of benzene rings is 2. The van der Waals surface area contributed by atoms with Crippen molar-refractivity contribution in [2.75, 3.05) is 0 Å². The van der Waals surface area contributed by atoms with Gasteiger partial charge < -0.3 is 5.73 Å². The van der Waals surface area contributed by atoms with Crippen LogP contribution in [0.25, 0.3) is 0 Å². The van der Waals surface area contributed by atoms with E-state index >= 15 is 0 Å². The zero-order valence-electron chi connectivity index (χ0n) is 14.1. The van der Waals surface area contributed by atoms with Crippen LogP contribution in [0.4, 0.5) is 5.69 Å². The number of halogens is 1. The molecule has 0 saturated carbocycles. The number of nitrogens with zero attached hydrogens (tertiary/aromatic N) is 2. The Bertz CT molecular complexity index is 793. The molecule has 0 aromatic heterocycles. The minimum absolute atomic E-state index is 0.104. The van der Waals surface area contributed by atoms with Crippen molar-refractivity contribution in [2.45, 2.75) is 33.0 Å². The van der Waals surface area contributed by atoms with E-state index in [2.05, 4.69) is 4.90 Å². The Kier molecular flexibility index (Phi) is 6.12. The number of nitrogens with two attached hydrogens (primary N) is 1. The van der Waals surface area contributed by atoms with Gasteiger partial charge in [0.15, 0.2) is 0 Å². The molecule has 0 atom stereocenters. The molecule has 2 aromatic rings. The first-order valence-electron chi connectivity index (χ1n) is 7.83. The third kappa shape index (κ3) is 5.01. The second-order valence-electron chi connectivity index (χ2n) is 6.09. The molecule has 0 saturated heterocycles. The Morgan fingerprint density at radius 1 is 1.24 bits per heavy atom. The standard InChI is InChI=1S/C18H20ClN3O3/c1-12(2)21(10-13-4-3-5-16(19)8-13)11-15-7-6-14(18(20)23)9-17(15)22(24)25/h3-9,12H,10-11H2,1-2H3,(H2,20,23). The summed E-state index contributed by atoms with van der Waals surface area (Å²) in [7, 11) is 0. The van der Waals surface area contributed by atoms with Gasteiger partial charge in [-0.25, -0.2) is 0 Å². The van der Waals surface area contributed by atoms with Gasteiger partial charge in [0, 0.05) is 41.3 Å². The highest BCUT2D eigenvalue weighted by molar-refractivity contribution is 6.30. The van der Waals surface area contributed by atoms with Crippen LogP contribution >= 0.6 is 11.6 Å². The highest BCUT2D eigenvalue weighted by Gasteiger charge is 2.20. The van der Waals surface area contributed by atoms with Crippen LogP contribution in [0.2, 0.25) is 5.02 Å². The predicted molar refractivity (Wildman–Crippen MR) is 97.4 cm³/mol. The van der Waals surface area contributed by atoms with Gasteiger partial charge in [0.25, 0.3) is 5.69 Å². The summed E-state index contributed by atoms with van der Waals surface area (Å²) in [4.78, 5) is 24.2. The lowest BCUT2D eigenvalue weighted by Gasteiger charge is -2.26. The van der Waals surface area contributed by atoms with E-state index in [1.54, 1.807) is 12.1 Å². The molecule has 6 nitrogen and oxygen atoms in total. The Morgan fingerprint density at radius 2 is 1.96 bits per heavy atom. The van der Waals surface area contributed by atoms with E-state index in [9.17, 15) is 14.9 Å². The highest BCUT2D eigenvalue weighted by atomic mass is 35.5. The Hall–Kier alpha value is -2.44. The number of hydrogen-bond acceptors (Lipinski definition) is 4. The lowest BCUT2D eigenvalue weighted by atomic mass is 10.1. The molecule has 0 aliphatic rings. The van der Waals surface area contributed by atoms with Gasteiger partial charge in [-0.15, -0.1) is 0 Å². The first-order valence-corrected chi connectivity index (χ1v) is 8.21. The smallest absolute Gasteiger partial charge is 0.274 e. The molecule has 2 N–H and O–H groups in total. The SMILES string of the molecule is CC(C)N(Cc1cccc(Cl)c1)Cc1ccc(C(N)=O)cc1[N+](=O)[O-]. The fourth-order valence-electron chi connectivity index (χ4n) is 2.53. The quantitative estimate of drug-likeness (QED) is 0.600. The van der Waals surface area contributed by atoms with E-state index in [0.29, 0.717) is 23.7 Å². The zero-order valence-corrected chi connectivity index (χ0v) is 14.9. The van der Waals surface area contributed by atoms with Crippen molar-refractivity contribution in [3.05, 3.63) is 74.3 Å². The van der Waals surface area contributed by atoms with E-state index in [1.807, 2.05) is 32.0 Å². The number of carbonyl (C=O) groups is 1. The average Bonchev–Trinajstić information content (AvgIpc) is 2.54. The van der Waals surface area contributed by atoms with Crippen molar-refractivity contribution in [2.24, 2.45) is 5.73 Å². The number of hydrogen-bond donors (Lipinski definition) is 1. The molecule has 0 bridgehead atoms. The molecule has 132 valence electrons. The van der Waals surface area contributed by atoms with Gasteiger partial charge in [-0.1, -0.05) is 29.8 Å². The van der Waals surface area contributed by atoms with Crippen LogP contribution in [0.15, 0.2) is 42.5 Å². The maximum Gasteiger partial charge on any atom is 0.274 e. The van der Waals surface area contributed by atoms with Gasteiger partial charge in [0.2, 0.25) is 5.91 Å². The molecule has 0 fully saturated rings. The summed E-state index contributed by atoms with van der Waals surface area (Å²) < 4.78 is 0. The topological polar surface area (TPSA) is 89.5 Å². The van der Waals surface area contributed by atoms with E-state index in [0.717, 1.165) is 5.56 Å². The van der Waals surface area contributed by atoms with Crippen LogP contribution in [-0.4, -0.2) is 21.8 Å². The van der Waals surface area contributed by atoms with Crippen LogP contribution in [0.1, 0.15) is 35.3 Å². The molecule has 7 heteroatoms. The minimum atomic E-state index is -0.686. The summed E-state index contributed by atoms with van der Waals surface area (Å²) in [6.45, 7) is 5.02. The second kappa shape index (κ2) is 8.09. The normalized spacial score (nSPS) is 11.1. The third-order valence-corrected chi connectivity index (χ3v) is 4.18. The number of carbonyl (C=O) groups excluding carboxylic acids is 1. The second-order valence-corrected chi connectivity index (χ2v) is 6.53. The molecule has 0 unspecified atom stereocenters. The molecule has 2 aromatic carbocycles. The fraction of sp³-hybridized carbons (Fsp3) is 0.278. The van der Waals surface area contributed by atoms with Gasteiger partial charge in [-0.3, -0.25) is 19.8 Å². The number of rotatable bonds is 7. The van der Waals surface area contributed by atoms with Crippen LogP contribution < -0.4 is 5.73 Å². The summed E-state index contributed by atoms with van der Waals surface area (Å²) in [5.41, 5.74) is 6.80. The molecule has 25 heavy (non-hydrogen) atoms. The monoisotopic (exact) mass is 361 g/mol. The average molecular weight is 362 g/mol. The van der Waals surface area contributed by atoms with Gasteiger partial charge in [0.1, 0.15) is 0 Å². The van der Waals surface area contributed by atoms with Gasteiger partial charge in [-0.05, 0) is 37.6 Å². The molecule has 0 spiro atoms. The lowest BCUT2D eigenvalue weighted by molar-refractivity contribution is -0.385. The van der Waals surface area contributed by atoms with Crippen molar-refractivity contribution in [3.8, 4) is 0 Å². The van der Waals surface area contributed by atoms with E-state index in [1.165, 1.54) is 12.1 Å². The van der Waals surface area contributed by atoms with Crippen LogP contribution in [0.3, 0.4) is 0 Å².